The summed E-state index contributed by atoms with van der Waals surface area (Å²) in [5, 5.41) is 6.20. The Morgan fingerprint density at radius 2 is 2.38 bits per heavy atom. The summed E-state index contributed by atoms with van der Waals surface area (Å²) < 4.78 is 5.53. The highest BCUT2D eigenvalue weighted by atomic mass is 79.9. The van der Waals surface area contributed by atoms with Gasteiger partial charge < -0.3 is 9.84 Å². The molecule has 1 N–H and O–H groups in total. The molecule has 2 heterocycles. The fourth-order valence-corrected chi connectivity index (χ4v) is 1.52. The molecule has 0 saturated heterocycles. The number of halogens is 1. The van der Waals surface area contributed by atoms with Gasteiger partial charge in [-0.3, -0.25) is 4.79 Å². The van der Waals surface area contributed by atoms with E-state index in [1.165, 1.54) is 6.20 Å². The molecule has 0 radical (unpaired) electrons. The molecule has 0 aliphatic carbocycles. The van der Waals surface area contributed by atoms with Gasteiger partial charge in [0.05, 0.1) is 10.7 Å². The third kappa shape index (κ3) is 2.11. The molecule has 0 saturated carbocycles. The van der Waals surface area contributed by atoms with Crippen molar-refractivity contribution in [1.29, 1.82) is 0 Å². The van der Waals surface area contributed by atoms with E-state index in [0.29, 0.717) is 17.1 Å². The minimum atomic E-state index is -0.293. The van der Waals surface area contributed by atoms with Crippen molar-refractivity contribution in [2.24, 2.45) is 0 Å². The van der Waals surface area contributed by atoms with Gasteiger partial charge in [-0.2, -0.15) is 0 Å². The van der Waals surface area contributed by atoms with Crippen LogP contribution in [0.2, 0.25) is 0 Å². The summed E-state index contributed by atoms with van der Waals surface area (Å²) in [6, 6.07) is 3.56. The summed E-state index contributed by atoms with van der Waals surface area (Å²) in [5.41, 5.74) is 0.401. The number of aromatic nitrogens is 2. The average molecular weight is 282 g/mol. The number of hydrogen-bond acceptors (Lipinski definition) is 4. The van der Waals surface area contributed by atoms with E-state index in [-0.39, 0.29) is 5.91 Å². The zero-order valence-corrected chi connectivity index (χ0v) is 9.98. The Labute approximate surface area is 100.0 Å². The van der Waals surface area contributed by atoms with Crippen molar-refractivity contribution in [3.63, 3.8) is 0 Å². The van der Waals surface area contributed by atoms with Crippen LogP contribution in [0.1, 0.15) is 16.1 Å². The van der Waals surface area contributed by atoms with Crippen LogP contribution in [0.5, 0.6) is 0 Å². The topological polar surface area (TPSA) is 68.0 Å². The Morgan fingerprint density at radius 3 is 3.00 bits per heavy atom. The number of carbonyl (C=O) groups is 1. The van der Waals surface area contributed by atoms with E-state index in [1.807, 2.05) is 0 Å². The van der Waals surface area contributed by atoms with Gasteiger partial charge in [-0.15, -0.1) is 0 Å². The molecule has 0 aliphatic heterocycles. The first-order chi connectivity index (χ1) is 7.68. The highest BCUT2D eigenvalue weighted by Crippen LogP contribution is 2.19. The van der Waals surface area contributed by atoms with Gasteiger partial charge in [0.1, 0.15) is 17.1 Å². The van der Waals surface area contributed by atoms with Crippen LogP contribution in [0.3, 0.4) is 0 Å². The zero-order chi connectivity index (χ0) is 11.5. The lowest BCUT2D eigenvalue weighted by molar-refractivity contribution is 0.102. The molecule has 0 aliphatic rings. The number of carbonyl (C=O) groups excluding carboxylic acids is 1. The molecule has 0 fully saturated rings. The Kier molecular flexibility index (Phi) is 3.00. The number of nitrogens with one attached hydrogen (secondary N) is 1. The molecule has 0 spiro atoms. The van der Waals surface area contributed by atoms with Crippen molar-refractivity contribution in [1.82, 2.24) is 10.1 Å². The highest BCUT2D eigenvalue weighted by Gasteiger charge is 2.14. The van der Waals surface area contributed by atoms with E-state index in [9.17, 15) is 4.79 Å². The summed E-state index contributed by atoms with van der Waals surface area (Å²) >= 11 is 3.29. The van der Waals surface area contributed by atoms with Gasteiger partial charge in [-0.25, -0.2) is 4.98 Å². The Morgan fingerprint density at radius 1 is 1.56 bits per heavy atom. The van der Waals surface area contributed by atoms with E-state index in [1.54, 1.807) is 25.3 Å². The minimum absolute atomic E-state index is 0.293. The lowest BCUT2D eigenvalue weighted by Crippen LogP contribution is -2.13. The number of amides is 1. The second kappa shape index (κ2) is 4.44. The first-order valence-electron chi connectivity index (χ1n) is 4.51. The van der Waals surface area contributed by atoms with Gasteiger partial charge >= 0.3 is 0 Å². The molecule has 1 amide bonds. The second-order valence-electron chi connectivity index (χ2n) is 3.08. The van der Waals surface area contributed by atoms with Gasteiger partial charge in [-0.05, 0) is 35.0 Å². The summed E-state index contributed by atoms with van der Waals surface area (Å²) in [6.07, 6.45) is 2.97. The van der Waals surface area contributed by atoms with Gasteiger partial charge in [0.25, 0.3) is 5.91 Å². The molecular weight excluding hydrogens is 274 g/mol. The summed E-state index contributed by atoms with van der Waals surface area (Å²) in [6.45, 7) is 1.68. The summed E-state index contributed by atoms with van der Waals surface area (Å²) in [4.78, 5) is 15.8. The Hall–Kier alpha value is -1.69. The Balaban J connectivity index is 2.21. The predicted octanol–water partition coefficient (Wildman–Crippen LogP) is 2.39. The lowest BCUT2D eigenvalue weighted by Gasteiger charge is -2.04. The van der Waals surface area contributed by atoms with Crippen molar-refractivity contribution in [2.45, 2.75) is 6.92 Å². The number of pyridine rings is 1. The van der Waals surface area contributed by atoms with Gasteiger partial charge in [-0.1, -0.05) is 5.16 Å². The lowest BCUT2D eigenvalue weighted by atomic mass is 10.2. The van der Waals surface area contributed by atoms with Crippen molar-refractivity contribution >= 4 is 27.7 Å². The average Bonchev–Trinajstić information content (AvgIpc) is 2.68. The van der Waals surface area contributed by atoms with Gasteiger partial charge in [0, 0.05) is 6.20 Å². The fraction of sp³-hybridized carbons (Fsp3) is 0.100. The maximum Gasteiger partial charge on any atom is 0.262 e. The number of aryl methyl sites for hydroxylation is 1. The van der Waals surface area contributed by atoms with Crippen molar-refractivity contribution in [3.8, 4) is 0 Å². The van der Waals surface area contributed by atoms with Crippen LogP contribution in [0.25, 0.3) is 0 Å². The Bertz CT molecular complexity index is 524. The minimum Gasteiger partial charge on any atom is -0.361 e. The van der Waals surface area contributed by atoms with Crippen LogP contribution in [-0.4, -0.2) is 16.0 Å². The SMILES string of the molecule is Cc1oncc1C(=O)Nc1ncccc1Br. The molecule has 0 bridgehead atoms. The highest BCUT2D eigenvalue weighted by molar-refractivity contribution is 9.10. The van der Waals surface area contributed by atoms with Gasteiger partial charge in [0.15, 0.2) is 0 Å². The molecule has 5 nitrogen and oxygen atoms in total. The van der Waals surface area contributed by atoms with E-state index >= 15 is 0 Å². The molecule has 2 aromatic rings. The third-order valence-corrected chi connectivity index (χ3v) is 2.63. The van der Waals surface area contributed by atoms with Gasteiger partial charge in [0.2, 0.25) is 0 Å². The van der Waals surface area contributed by atoms with Crippen LogP contribution in [0.15, 0.2) is 33.5 Å². The van der Waals surface area contributed by atoms with Crippen molar-refractivity contribution in [3.05, 3.63) is 40.3 Å². The van der Waals surface area contributed by atoms with E-state index in [4.69, 9.17) is 4.52 Å². The molecule has 2 rings (SSSR count). The predicted molar refractivity (Wildman–Crippen MR) is 61.1 cm³/mol. The molecule has 16 heavy (non-hydrogen) atoms. The van der Waals surface area contributed by atoms with Crippen LogP contribution >= 0.6 is 15.9 Å². The molecule has 0 aromatic carbocycles. The standard InChI is InChI=1S/C10H8BrN3O2/c1-6-7(5-13-16-6)10(15)14-9-8(11)3-2-4-12-9/h2-5H,1H3,(H,12,14,15). The van der Waals surface area contributed by atoms with Crippen molar-refractivity contribution < 1.29 is 9.32 Å². The molecule has 0 atom stereocenters. The smallest absolute Gasteiger partial charge is 0.262 e. The normalized spacial score (nSPS) is 10.1. The third-order valence-electron chi connectivity index (χ3n) is 1.99. The number of rotatable bonds is 2. The van der Waals surface area contributed by atoms with E-state index in [0.717, 1.165) is 4.47 Å². The molecule has 2 aromatic heterocycles. The molecular formula is C10H8BrN3O2. The van der Waals surface area contributed by atoms with Crippen LogP contribution in [0, 0.1) is 6.92 Å². The fourth-order valence-electron chi connectivity index (χ4n) is 1.17. The second-order valence-corrected chi connectivity index (χ2v) is 3.94. The zero-order valence-electron chi connectivity index (χ0n) is 8.40. The molecule has 82 valence electrons. The first kappa shape index (κ1) is 10.8. The van der Waals surface area contributed by atoms with Crippen LogP contribution in [0.4, 0.5) is 5.82 Å². The number of nitrogens with zero attached hydrogens (tertiary/aromatic N) is 2. The molecule has 0 unspecified atom stereocenters. The van der Waals surface area contributed by atoms with Crippen LogP contribution in [-0.2, 0) is 0 Å². The van der Waals surface area contributed by atoms with Crippen molar-refractivity contribution in [2.75, 3.05) is 5.32 Å². The first-order valence-corrected chi connectivity index (χ1v) is 5.31. The number of hydrogen-bond donors (Lipinski definition) is 1. The molecule has 6 heteroatoms. The number of anilines is 1. The maximum atomic E-state index is 11.8. The van der Waals surface area contributed by atoms with Crippen LogP contribution < -0.4 is 5.32 Å². The quantitative estimate of drug-likeness (QED) is 0.918. The van der Waals surface area contributed by atoms with E-state index in [2.05, 4.69) is 31.4 Å². The van der Waals surface area contributed by atoms with E-state index < -0.39 is 0 Å². The summed E-state index contributed by atoms with van der Waals surface area (Å²) in [7, 11) is 0. The maximum absolute atomic E-state index is 11.8. The summed E-state index contributed by atoms with van der Waals surface area (Å²) in [5.74, 6) is 0.649. The monoisotopic (exact) mass is 281 g/mol. The largest absolute Gasteiger partial charge is 0.361 e.